The average molecular weight is 232 g/mol. The monoisotopic (exact) mass is 232 g/mol. The Hall–Kier alpha value is -1.35. The number of carbonyl (C=O) groups excluding carboxylic acids is 1. The number of hydrogen-bond donors (Lipinski definition) is 1. The van der Waals surface area contributed by atoms with Crippen LogP contribution in [0.25, 0.3) is 0 Å². The summed E-state index contributed by atoms with van der Waals surface area (Å²) in [4.78, 5) is 14.2. The van der Waals surface area contributed by atoms with Crippen molar-refractivity contribution in [1.29, 1.82) is 0 Å². The van der Waals surface area contributed by atoms with Gasteiger partial charge >= 0.3 is 0 Å². The third kappa shape index (κ3) is 3.07. The van der Waals surface area contributed by atoms with Crippen molar-refractivity contribution in [2.24, 2.45) is 0 Å². The standard InChI is InChI=1S/C14H20N2O/c1-11-10-16(12(2)9-15-11)14(17)8-13-6-4-3-5-7-13/h3-7,11-12,15H,8-10H2,1-2H3. The number of benzene rings is 1. The van der Waals surface area contributed by atoms with Crippen LogP contribution in [0.15, 0.2) is 30.3 Å². The van der Waals surface area contributed by atoms with Crippen LogP contribution in [-0.2, 0) is 11.2 Å². The SMILES string of the molecule is CC1CN(C(=O)Cc2ccccc2)C(C)CN1. The summed E-state index contributed by atoms with van der Waals surface area (Å²) in [6.45, 7) is 5.92. The van der Waals surface area contributed by atoms with Gasteiger partial charge in [-0.3, -0.25) is 4.79 Å². The van der Waals surface area contributed by atoms with Gasteiger partial charge in [-0.1, -0.05) is 30.3 Å². The first-order valence-electron chi connectivity index (χ1n) is 6.23. The third-order valence-electron chi connectivity index (χ3n) is 3.28. The van der Waals surface area contributed by atoms with Crippen LogP contribution in [0.3, 0.4) is 0 Å². The molecule has 2 atom stereocenters. The first-order chi connectivity index (χ1) is 8.16. The van der Waals surface area contributed by atoms with E-state index in [0.29, 0.717) is 18.5 Å². The Labute approximate surface area is 103 Å². The van der Waals surface area contributed by atoms with E-state index in [-0.39, 0.29) is 5.91 Å². The normalized spacial score (nSPS) is 24.7. The predicted molar refractivity (Wildman–Crippen MR) is 68.8 cm³/mol. The summed E-state index contributed by atoms with van der Waals surface area (Å²) in [6.07, 6.45) is 0.512. The van der Waals surface area contributed by atoms with Gasteiger partial charge in [0.1, 0.15) is 0 Å². The molecule has 0 radical (unpaired) electrons. The zero-order chi connectivity index (χ0) is 12.3. The predicted octanol–water partition coefficient (Wildman–Crippen LogP) is 1.44. The molecule has 1 aliphatic heterocycles. The highest BCUT2D eigenvalue weighted by Gasteiger charge is 2.26. The zero-order valence-corrected chi connectivity index (χ0v) is 10.5. The van der Waals surface area contributed by atoms with Gasteiger partial charge < -0.3 is 10.2 Å². The van der Waals surface area contributed by atoms with Crippen molar-refractivity contribution in [3.63, 3.8) is 0 Å². The highest BCUT2D eigenvalue weighted by atomic mass is 16.2. The molecule has 1 saturated heterocycles. The summed E-state index contributed by atoms with van der Waals surface area (Å²) < 4.78 is 0. The van der Waals surface area contributed by atoms with Gasteiger partial charge in [0, 0.05) is 25.2 Å². The average Bonchev–Trinajstić information content (AvgIpc) is 2.33. The molecule has 1 aliphatic rings. The Bertz CT molecular complexity index is 377. The van der Waals surface area contributed by atoms with Crippen molar-refractivity contribution in [3.05, 3.63) is 35.9 Å². The molecular formula is C14H20N2O. The second-order valence-electron chi connectivity index (χ2n) is 4.87. The number of rotatable bonds is 2. The van der Waals surface area contributed by atoms with Crippen LogP contribution in [0.1, 0.15) is 19.4 Å². The number of amides is 1. The van der Waals surface area contributed by atoms with Crippen LogP contribution in [0.5, 0.6) is 0 Å². The highest BCUT2D eigenvalue weighted by molar-refractivity contribution is 5.79. The van der Waals surface area contributed by atoms with Crippen molar-refractivity contribution >= 4 is 5.91 Å². The molecule has 3 nitrogen and oxygen atoms in total. The quantitative estimate of drug-likeness (QED) is 0.837. The minimum atomic E-state index is 0.233. The molecule has 0 aliphatic carbocycles. The van der Waals surface area contributed by atoms with E-state index >= 15 is 0 Å². The largest absolute Gasteiger partial charge is 0.337 e. The van der Waals surface area contributed by atoms with Gasteiger partial charge in [0.25, 0.3) is 0 Å². The number of nitrogens with zero attached hydrogens (tertiary/aromatic N) is 1. The molecule has 2 unspecified atom stereocenters. The Balaban J connectivity index is 1.99. The van der Waals surface area contributed by atoms with E-state index in [4.69, 9.17) is 0 Å². The number of hydrogen-bond acceptors (Lipinski definition) is 2. The minimum absolute atomic E-state index is 0.233. The lowest BCUT2D eigenvalue weighted by molar-refractivity contribution is -0.133. The zero-order valence-electron chi connectivity index (χ0n) is 10.5. The van der Waals surface area contributed by atoms with Gasteiger partial charge in [-0.25, -0.2) is 0 Å². The van der Waals surface area contributed by atoms with Gasteiger partial charge in [0.2, 0.25) is 5.91 Å². The molecule has 2 rings (SSSR count). The van der Waals surface area contributed by atoms with Gasteiger partial charge in [0.15, 0.2) is 0 Å². The molecule has 0 bridgehead atoms. The van der Waals surface area contributed by atoms with Crippen LogP contribution in [0.2, 0.25) is 0 Å². The molecule has 3 heteroatoms. The molecule has 1 aromatic carbocycles. The highest BCUT2D eigenvalue weighted by Crippen LogP contribution is 2.10. The van der Waals surface area contributed by atoms with Crippen molar-refractivity contribution < 1.29 is 4.79 Å². The summed E-state index contributed by atoms with van der Waals surface area (Å²) in [6, 6.07) is 10.6. The fourth-order valence-electron chi connectivity index (χ4n) is 2.24. The fraction of sp³-hybridized carbons (Fsp3) is 0.500. The summed E-state index contributed by atoms with van der Waals surface area (Å²) in [5, 5.41) is 3.39. The van der Waals surface area contributed by atoms with Crippen LogP contribution < -0.4 is 5.32 Å². The van der Waals surface area contributed by atoms with Gasteiger partial charge in [-0.05, 0) is 19.4 Å². The van der Waals surface area contributed by atoms with Crippen molar-refractivity contribution in [3.8, 4) is 0 Å². The molecule has 0 saturated carbocycles. The lowest BCUT2D eigenvalue weighted by Gasteiger charge is -2.37. The smallest absolute Gasteiger partial charge is 0.227 e. The van der Waals surface area contributed by atoms with E-state index in [9.17, 15) is 4.79 Å². The Morgan fingerprint density at radius 1 is 1.35 bits per heavy atom. The van der Waals surface area contributed by atoms with E-state index in [0.717, 1.165) is 18.7 Å². The maximum Gasteiger partial charge on any atom is 0.227 e. The number of piperazine rings is 1. The molecular weight excluding hydrogens is 212 g/mol. The van der Waals surface area contributed by atoms with Gasteiger partial charge in [-0.15, -0.1) is 0 Å². The van der Waals surface area contributed by atoms with Gasteiger partial charge in [-0.2, -0.15) is 0 Å². The van der Waals surface area contributed by atoms with E-state index < -0.39 is 0 Å². The molecule has 1 aromatic rings. The molecule has 17 heavy (non-hydrogen) atoms. The maximum absolute atomic E-state index is 12.2. The van der Waals surface area contributed by atoms with Crippen LogP contribution in [-0.4, -0.2) is 36.0 Å². The number of nitrogens with one attached hydrogen (secondary N) is 1. The van der Waals surface area contributed by atoms with Crippen LogP contribution >= 0.6 is 0 Å². The fourth-order valence-corrected chi connectivity index (χ4v) is 2.24. The van der Waals surface area contributed by atoms with Crippen molar-refractivity contribution in [2.75, 3.05) is 13.1 Å². The second-order valence-corrected chi connectivity index (χ2v) is 4.87. The molecule has 0 spiro atoms. The van der Waals surface area contributed by atoms with Crippen molar-refractivity contribution in [1.82, 2.24) is 10.2 Å². The molecule has 1 amide bonds. The Morgan fingerprint density at radius 2 is 2.06 bits per heavy atom. The minimum Gasteiger partial charge on any atom is -0.337 e. The first-order valence-corrected chi connectivity index (χ1v) is 6.23. The second kappa shape index (κ2) is 5.32. The molecule has 92 valence electrons. The van der Waals surface area contributed by atoms with E-state index in [1.165, 1.54) is 0 Å². The Kier molecular flexibility index (Phi) is 3.79. The molecule has 0 aromatic heterocycles. The Morgan fingerprint density at radius 3 is 2.76 bits per heavy atom. The third-order valence-corrected chi connectivity index (χ3v) is 3.28. The van der Waals surface area contributed by atoms with Crippen LogP contribution in [0.4, 0.5) is 0 Å². The van der Waals surface area contributed by atoms with E-state index in [1.54, 1.807) is 0 Å². The van der Waals surface area contributed by atoms with E-state index in [2.05, 4.69) is 19.2 Å². The topological polar surface area (TPSA) is 32.3 Å². The summed E-state index contributed by atoms with van der Waals surface area (Å²) >= 11 is 0. The van der Waals surface area contributed by atoms with Crippen molar-refractivity contribution in [2.45, 2.75) is 32.4 Å². The summed E-state index contributed by atoms with van der Waals surface area (Å²) in [5.41, 5.74) is 1.09. The molecule has 1 N–H and O–H groups in total. The first kappa shape index (κ1) is 12.1. The summed E-state index contributed by atoms with van der Waals surface area (Å²) in [5.74, 6) is 0.233. The molecule has 1 heterocycles. The lowest BCUT2D eigenvalue weighted by atomic mass is 10.1. The lowest BCUT2D eigenvalue weighted by Crippen LogP contribution is -2.56. The van der Waals surface area contributed by atoms with Crippen LogP contribution in [0, 0.1) is 0 Å². The maximum atomic E-state index is 12.2. The van der Waals surface area contributed by atoms with Gasteiger partial charge in [0.05, 0.1) is 6.42 Å². The molecule has 1 fully saturated rings. The summed E-state index contributed by atoms with van der Waals surface area (Å²) in [7, 11) is 0. The number of carbonyl (C=O) groups is 1. The van der Waals surface area contributed by atoms with E-state index in [1.807, 2.05) is 35.2 Å².